The molecule has 0 aliphatic carbocycles. The first kappa shape index (κ1) is 21.4. The summed E-state index contributed by atoms with van der Waals surface area (Å²) < 4.78 is 2.10. The number of aromatic nitrogens is 3. The van der Waals surface area contributed by atoms with Crippen molar-refractivity contribution in [1.82, 2.24) is 25.4 Å². The molecule has 6 nitrogen and oxygen atoms in total. The van der Waals surface area contributed by atoms with Gasteiger partial charge < -0.3 is 15.2 Å². The Morgan fingerprint density at radius 3 is 2.93 bits per heavy atom. The molecular weight excluding hydrogens is 356 g/mol. The van der Waals surface area contributed by atoms with E-state index in [1.54, 1.807) is 17.7 Å². The standard InChI is InChI=1S/C20H34N6S/c1-4-6-7-8-10-17(3)24-20(22-15-18-11-9-14-27-18)21-12-13-26-16-23-25-19(26)5-2/h9,11,14,16-17H,4-8,10,12-13,15H2,1-3H3,(H2,21,22,24). The number of nitrogens with one attached hydrogen (secondary N) is 2. The average molecular weight is 391 g/mol. The molecule has 0 spiro atoms. The lowest BCUT2D eigenvalue weighted by Crippen LogP contribution is -2.43. The lowest BCUT2D eigenvalue weighted by Gasteiger charge is -2.18. The monoisotopic (exact) mass is 390 g/mol. The molecule has 0 aliphatic heterocycles. The minimum absolute atomic E-state index is 0.414. The molecule has 2 N–H and O–H groups in total. The summed E-state index contributed by atoms with van der Waals surface area (Å²) in [7, 11) is 0. The number of hydrogen-bond acceptors (Lipinski definition) is 4. The second-order valence-corrected chi connectivity index (χ2v) is 7.89. The summed E-state index contributed by atoms with van der Waals surface area (Å²) in [6.07, 6.45) is 9.04. The van der Waals surface area contributed by atoms with Crippen LogP contribution in [0.4, 0.5) is 0 Å². The molecule has 27 heavy (non-hydrogen) atoms. The van der Waals surface area contributed by atoms with E-state index in [1.807, 2.05) is 0 Å². The van der Waals surface area contributed by atoms with Crippen LogP contribution in [-0.4, -0.2) is 33.3 Å². The van der Waals surface area contributed by atoms with Crippen molar-refractivity contribution in [2.45, 2.75) is 78.4 Å². The fraction of sp³-hybridized carbons (Fsp3) is 0.650. The Hall–Kier alpha value is -1.89. The first-order chi connectivity index (χ1) is 13.2. The van der Waals surface area contributed by atoms with Gasteiger partial charge in [-0.3, -0.25) is 0 Å². The normalized spacial score (nSPS) is 12.9. The molecule has 0 bridgehead atoms. The Morgan fingerprint density at radius 2 is 2.19 bits per heavy atom. The second kappa shape index (κ2) is 12.5. The largest absolute Gasteiger partial charge is 0.355 e. The molecule has 0 aliphatic rings. The van der Waals surface area contributed by atoms with Gasteiger partial charge >= 0.3 is 0 Å². The number of rotatable bonds is 12. The molecule has 2 heterocycles. The third kappa shape index (κ3) is 8.12. The lowest BCUT2D eigenvalue weighted by molar-refractivity contribution is 0.533. The summed E-state index contributed by atoms with van der Waals surface area (Å²) in [5, 5.41) is 17.3. The van der Waals surface area contributed by atoms with Crippen molar-refractivity contribution in [2.75, 3.05) is 6.54 Å². The van der Waals surface area contributed by atoms with E-state index in [1.165, 1.54) is 37.0 Å². The van der Waals surface area contributed by atoms with Gasteiger partial charge in [-0.25, -0.2) is 4.99 Å². The molecule has 0 saturated heterocycles. The molecule has 0 saturated carbocycles. The van der Waals surface area contributed by atoms with Crippen molar-refractivity contribution >= 4 is 17.3 Å². The van der Waals surface area contributed by atoms with E-state index < -0.39 is 0 Å². The van der Waals surface area contributed by atoms with Gasteiger partial charge in [-0.05, 0) is 24.8 Å². The number of aliphatic imine (C=N–C) groups is 1. The van der Waals surface area contributed by atoms with Gasteiger partial charge in [-0.15, -0.1) is 21.5 Å². The van der Waals surface area contributed by atoms with E-state index in [0.29, 0.717) is 12.6 Å². The highest BCUT2D eigenvalue weighted by Crippen LogP contribution is 2.09. The van der Waals surface area contributed by atoms with Gasteiger partial charge in [-0.2, -0.15) is 0 Å². The molecular formula is C20H34N6S. The number of guanidine groups is 1. The Morgan fingerprint density at radius 1 is 1.30 bits per heavy atom. The van der Waals surface area contributed by atoms with Crippen LogP contribution in [0.2, 0.25) is 0 Å². The van der Waals surface area contributed by atoms with Gasteiger partial charge in [0.1, 0.15) is 12.2 Å². The maximum Gasteiger partial charge on any atom is 0.191 e. The predicted octanol–water partition coefficient (Wildman–Crippen LogP) is 4.00. The van der Waals surface area contributed by atoms with Gasteiger partial charge in [0.05, 0.1) is 6.54 Å². The van der Waals surface area contributed by atoms with E-state index in [-0.39, 0.29) is 0 Å². The van der Waals surface area contributed by atoms with E-state index in [2.05, 4.69) is 63.7 Å². The number of nitrogens with zero attached hydrogens (tertiary/aromatic N) is 4. The van der Waals surface area contributed by atoms with Crippen molar-refractivity contribution in [3.8, 4) is 0 Å². The summed E-state index contributed by atoms with van der Waals surface area (Å²) in [5.74, 6) is 1.91. The maximum absolute atomic E-state index is 4.78. The molecule has 0 fully saturated rings. The zero-order valence-corrected chi connectivity index (χ0v) is 17.8. The highest BCUT2D eigenvalue weighted by molar-refractivity contribution is 7.09. The van der Waals surface area contributed by atoms with Crippen molar-refractivity contribution in [3.63, 3.8) is 0 Å². The van der Waals surface area contributed by atoms with Crippen molar-refractivity contribution in [2.24, 2.45) is 4.99 Å². The third-order valence-corrected chi connectivity index (χ3v) is 5.37. The second-order valence-electron chi connectivity index (χ2n) is 6.86. The summed E-state index contributed by atoms with van der Waals surface area (Å²) in [6, 6.07) is 4.62. The molecule has 2 aromatic heterocycles. The fourth-order valence-electron chi connectivity index (χ4n) is 2.93. The summed E-state index contributed by atoms with van der Waals surface area (Å²) >= 11 is 1.75. The van der Waals surface area contributed by atoms with E-state index in [4.69, 9.17) is 4.99 Å². The van der Waals surface area contributed by atoms with Crippen LogP contribution in [-0.2, 0) is 19.5 Å². The smallest absolute Gasteiger partial charge is 0.191 e. The van der Waals surface area contributed by atoms with Crippen LogP contribution in [0.25, 0.3) is 0 Å². The zero-order valence-electron chi connectivity index (χ0n) is 16.9. The van der Waals surface area contributed by atoms with Crippen molar-refractivity contribution in [3.05, 3.63) is 34.5 Å². The van der Waals surface area contributed by atoms with Crippen LogP contribution in [0.5, 0.6) is 0 Å². The van der Waals surface area contributed by atoms with Crippen LogP contribution in [0.15, 0.2) is 28.8 Å². The first-order valence-corrected chi connectivity index (χ1v) is 11.0. The average Bonchev–Trinajstić information content (AvgIpc) is 3.34. The summed E-state index contributed by atoms with van der Waals surface area (Å²) in [4.78, 5) is 6.05. The number of aryl methyl sites for hydroxylation is 1. The molecule has 1 atom stereocenters. The minimum Gasteiger partial charge on any atom is -0.355 e. The highest BCUT2D eigenvalue weighted by Gasteiger charge is 2.07. The molecule has 0 aromatic carbocycles. The van der Waals surface area contributed by atoms with Gasteiger partial charge in [0.2, 0.25) is 0 Å². The fourth-order valence-corrected chi connectivity index (χ4v) is 3.56. The quantitative estimate of drug-likeness (QED) is 0.327. The van der Waals surface area contributed by atoms with Gasteiger partial charge in [0.15, 0.2) is 5.96 Å². The third-order valence-electron chi connectivity index (χ3n) is 4.50. The number of unbranched alkanes of at least 4 members (excludes halogenated alkanes) is 3. The summed E-state index contributed by atoms with van der Waals surface area (Å²) in [6.45, 7) is 8.93. The zero-order chi connectivity index (χ0) is 19.3. The molecule has 0 radical (unpaired) electrons. The molecule has 2 rings (SSSR count). The van der Waals surface area contributed by atoms with Crippen LogP contribution in [0, 0.1) is 0 Å². The van der Waals surface area contributed by atoms with Crippen molar-refractivity contribution < 1.29 is 0 Å². The van der Waals surface area contributed by atoms with E-state index in [9.17, 15) is 0 Å². The predicted molar refractivity (Wildman–Crippen MR) is 114 cm³/mol. The Labute approximate surface area is 167 Å². The van der Waals surface area contributed by atoms with Gasteiger partial charge in [0.25, 0.3) is 0 Å². The van der Waals surface area contributed by atoms with Gasteiger partial charge in [-0.1, -0.05) is 45.6 Å². The molecule has 7 heteroatoms. The van der Waals surface area contributed by atoms with E-state index in [0.717, 1.165) is 31.3 Å². The number of hydrogen-bond donors (Lipinski definition) is 2. The first-order valence-electron chi connectivity index (χ1n) is 10.2. The Bertz CT molecular complexity index is 649. The Balaban J connectivity index is 1.85. The van der Waals surface area contributed by atoms with Crippen LogP contribution in [0.1, 0.15) is 63.6 Å². The molecule has 150 valence electrons. The molecule has 0 amide bonds. The van der Waals surface area contributed by atoms with Crippen molar-refractivity contribution in [1.29, 1.82) is 0 Å². The van der Waals surface area contributed by atoms with Crippen LogP contribution >= 0.6 is 11.3 Å². The lowest BCUT2D eigenvalue weighted by atomic mass is 10.1. The van der Waals surface area contributed by atoms with Crippen LogP contribution in [0.3, 0.4) is 0 Å². The number of thiophene rings is 1. The van der Waals surface area contributed by atoms with E-state index >= 15 is 0 Å². The minimum atomic E-state index is 0.414. The topological polar surface area (TPSA) is 67.1 Å². The molecule has 1 unspecified atom stereocenters. The summed E-state index contributed by atoms with van der Waals surface area (Å²) in [5.41, 5.74) is 0. The van der Waals surface area contributed by atoms with Crippen LogP contribution < -0.4 is 10.6 Å². The maximum atomic E-state index is 4.78. The van der Waals surface area contributed by atoms with Gasteiger partial charge in [0, 0.05) is 30.4 Å². The molecule has 2 aromatic rings. The Kier molecular flexibility index (Phi) is 9.90. The SMILES string of the molecule is CCCCCCC(C)NC(=NCc1cccs1)NCCn1cnnc1CC. The highest BCUT2D eigenvalue weighted by atomic mass is 32.1.